The van der Waals surface area contributed by atoms with Gasteiger partial charge in [0.2, 0.25) is 15.9 Å². The van der Waals surface area contributed by atoms with E-state index in [1.54, 1.807) is 11.8 Å². The van der Waals surface area contributed by atoms with Gasteiger partial charge in [-0.1, -0.05) is 47.5 Å². The second-order valence-electron chi connectivity index (χ2n) is 6.19. The number of aryl methyl sites for hydroxylation is 1. The molecule has 0 aliphatic carbocycles. The predicted molar refractivity (Wildman–Crippen MR) is 119 cm³/mol. The summed E-state index contributed by atoms with van der Waals surface area (Å²) >= 11 is 13.7. The van der Waals surface area contributed by atoms with Crippen molar-refractivity contribution < 1.29 is 13.2 Å². The fraction of sp³-hybridized carbons (Fsp3) is 0.316. The highest BCUT2D eigenvalue weighted by molar-refractivity contribution is 7.98. The summed E-state index contributed by atoms with van der Waals surface area (Å²) in [6.07, 6.45) is 1.03. The molecule has 9 heteroatoms. The zero-order valence-corrected chi connectivity index (χ0v) is 18.8. The molecule has 2 aromatic carbocycles. The van der Waals surface area contributed by atoms with Gasteiger partial charge in [0.25, 0.3) is 0 Å². The van der Waals surface area contributed by atoms with E-state index < -0.39 is 15.9 Å². The molecule has 0 unspecified atom stereocenters. The minimum atomic E-state index is -3.68. The van der Waals surface area contributed by atoms with Crippen LogP contribution in [0, 0.1) is 6.92 Å². The molecule has 5 nitrogen and oxygen atoms in total. The molecule has 0 saturated carbocycles. The minimum absolute atomic E-state index is 0.166. The second kappa shape index (κ2) is 10.4. The lowest BCUT2D eigenvalue weighted by Crippen LogP contribution is -2.41. The lowest BCUT2D eigenvalue weighted by molar-refractivity contribution is -0.119. The fourth-order valence-electron chi connectivity index (χ4n) is 2.47. The molecule has 0 aliphatic heterocycles. The zero-order chi connectivity index (χ0) is 20.7. The number of rotatable bonds is 9. The highest BCUT2D eigenvalue weighted by atomic mass is 35.5. The van der Waals surface area contributed by atoms with Crippen molar-refractivity contribution in [3.05, 3.63) is 63.6 Å². The number of hydrogen-bond acceptors (Lipinski definition) is 4. The molecule has 0 aromatic heterocycles. The summed E-state index contributed by atoms with van der Waals surface area (Å²) in [6, 6.07) is 12.6. The summed E-state index contributed by atoms with van der Waals surface area (Å²) < 4.78 is 25.2. The van der Waals surface area contributed by atoms with Crippen molar-refractivity contribution in [2.75, 3.05) is 29.4 Å². The molecule has 0 radical (unpaired) electrons. The first-order valence-electron chi connectivity index (χ1n) is 8.50. The van der Waals surface area contributed by atoms with Crippen LogP contribution in [0.25, 0.3) is 0 Å². The highest BCUT2D eigenvalue weighted by Crippen LogP contribution is 2.30. The molecule has 0 aliphatic rings. The predicted octanol–water partition coefficient (Wildman–Crippen LogP) is 4.12. The quantitative estimate of drug-likeness (QED) is 0.571. The van der Waals surface area contributed by atoms with Crippen molar-refractivity contribution in [3.63, 3.8) is 0 Å². The van der Waals surface area contributed by atoms with Crippen LogP contribution in [0.5, 0.6) is 0 Å². The molecule has 28 heavy (non-hydrogen) atoms. The Bertz CT molecular complexity index is 937. The van der Waals surface area contributed by atoms with Crippen LogP contribution in [-0.4, -0.2) is 39.4 Å². The van der Waals surface area contributed by atoms with E-state index in [1.807, 2.05) is 12.1 Å². The summed E-state index contributed by atoms with van der Waals surface area (Å²) in [5.74, 6) is 1.19. The van der Waals surface area contributed by atoms with E-state index in [0.29, 0.717) is 11.6 Å². The van der Waals surface area contributed by atoms with E-state index in [1.165, 1.54) is 29.3 Å². The monoisotopic (exact) mass is 460 g/mol. The summed E-state index contributed by atoms with van der Waals surface area (Å²) in [7, 11) is -3.68. The van der Waals surface area contributed by atoms with Crippen molar-refractivity contribution in [2.45, 2.75) is 12.7 Å². The number of nitrogens with zero attached hydrogens (tertiary/aromatic N) is 1. The minimum Gasteiger partial charge on any atom is -0.354 e. The molecular formula is C19H22Cl2N2O3S2. The molecule has 2 rings (SSSR count). The number of thioether (sulfide) groups is 1. The number of nitrogens with one attached hydrogen (secondary N) is 1. The van der Waals surface area contributed by atoms with Crippen molar-refractivity contribution in [3.8, 4) is 0 Å². The highest BCUT2D eigenvalue weighted by Gasteiger charge is 2.23. The van der Waals surface area contributed by atoms with Gasteiger partial charge in [-0.3, -0.25) is 9.10 Å². The Labute approximate surface area is 180 Å². The Hall–Kier alpha value is -1.41. The van der Waals surface area contributed by atoms with Crippen molar-refractivity contribution in [1.82, 2.24) is 5.32 Å². The van der Waals surface area contributed by atoms with Crippen LogP contribution in [0.1, 0.15) is 11.1 Å². The molecule has 1 N–H and O–H groups in total. The molecule has 1 amide bonds. The number of carbonyl (C=O) groups is 1. The number of anilines is 1. The van der Waals surface area contributed by atoms with E-state index in [9.17, 15) is 13.2 Å². The maximum atomic E-state index is 12.2. The van der Waals surface area contributed by atoms with E-state index in [0.717, 1.165) is 22.1 Å². The van der Waals surface area contributed by atoms with Gasteiger partial charge in [0.1, 0.15) is 6.54 Å². The van der Waals surface area contributed by atoms with Gasteiger partial charge in [0.05, 0.1) is 17.0 Å². The third kappa shape index (κ3) is 6.88. The molecule has 2 aromatic rings. The van der Waals surface area contributed by atoms with Gasteiger partial charge < -0.3 is 5.32 Å². The van der Waals surface area contributed by atoms with Crippen LogP contribution < -0.4 is 9.62 Å². The molecule has 152 valence electrons. The number of benzene rings is 2. The lowest BCUT2D eigenvalue weighted by atomic mass is 10.1. The molecule has 0 bridgehead atoms. The number of amides is 1. The fourth-order valence-corrected chi connectivity index (χ4v) is 4.83. The zero-order valence-electron chi connectivity index (χ0n) is 15.6. The maximum Gasteiger partial charge on any atom is 0.240 e. The van der Waals surface area contributed by atoms with Gasteiger partial charge in [-0.25, -0.2) is 8.42 Å². The van der Waals surface area contributed by atoms with Gasteiger partial charge in [-0.2, -0.15) is 11.8 Å². The Balaban J connectivity index is 1.88. The van der Waals surface area contributed by atoms with Gasteiger partial charge in [0.15, 0.2) is 0 Å². The van der Waals surface area contributed by atoms with Crippen molar-refractivity contribution in [1.29, 1.82) is 0 Å². The number of sulfonamides is 1. The Kier molecular flexibility index (Phi) is 8.49. The van der Waals surface area contributed by atoms with Crippen LogP contribution in [0.15, 0.2) is 42.5 Å². The molecule has 0 heterocycles. The second-order valence-corrected chi connectivity index (χ2v) is 10.1. The van der Waals surface area contributed by atoms with Gasteiger partial charge in [-0.05, 0) is 36.2 Å². The standard InChI is InChI=1S/C19H22Cl2N2O3S2/c1-14-5-3-4-6-15(14)13-27-10-9-22-19(24)12-23(28(2,25)26)18-8-7-16(20)11-17(18)21/h3-8,11H,9-10,12-13H2,1-2H3,(H,22,24). The molecule has 0 fully saturated rings. The average molecular weight is 461 g/mol. The van der Waals surface area contributed by atoms with E-state index in [-0.39, 0.29) is 17.3 Å². The van der Waals surface area contributed by atoms with E-state index in [4.69, 9.17) is 23.2 Å². The van der Waals surface area contributed by atoms with Gasteiger partial charge in [0, 0.05) is 23.1 Å². The topological polar surface area (TPSA) is 66.5 Å². The Morgan fingerprint density at radius 1 is 1.18 bits per heavy atom. The normalized spacial score (nSPS) is 11.3. The Morgan fingerprint density at radius 3 is 2.54 bits per heavy atom. The Morgan fingerprint density at radius 2 is 1.89 bits per heavy atom. The maximum absolute atomic E-state index is 12.2. The third-order valence-corrected chi connectivity index (χ3v) is 6.63. The lowest BCUT2D eigenvalue weighted by Gasteiger charge is -2.23. The van der Waals surface area contributed by atoms with E-state index >= 15 is 0 Å². The molecular weight excluding hydrogens is 439 g/mol. The average Bonchev–Trinajstić information content (AvgIpc) is 2.60. The molecule has 0 saturated heterocycles. The van der Waals surface area contributed by atoms with Crippen molar-refractivity contribution >= 4 is 56.6 Å². The van der Waals surface area contributed by atoms with E-state index in [2.05, 4.69) is 24.4 Å². The van der Waals surface area contributed by atoms with Crippen molar-refractivity contribution in [2.24, 2.45) is 0 Å². The van der Waals surface area contributed by atoms with Crippen LogP contribution in [0.4, 0.5) is 5.69 Å². The third-order valence-electron chi connectivity index (χ3n) is 3.95. The number of hydrogen-bond donors (Lipinski definition) is 1. The summed E-state index contributed by atoms with van der Waals surface area (Å²) in [6.45, 7) is 2.17. The smallest absolute Gasteiger partial charge is 0.240 e. The summed E-state index contributed by atoms with van der Waals surface area (Å²) in [4.78, 5) is 12.2. The van der Waals surface area contributed by atoms with Crippen LogP contribution >= 0.6 is 35.0 Å². The molecule has 0 atom stereocenters. The summed E-state index contributed by atoms with van der Waals surface area (Å²) in [5.41, 5.74) is 2.72. The SMILES string of the molecule is Cc1ccccc1CSCCNC(=O)CN(c1ccc(Cl)cc1Cl)S(C)(=O)=O. The number of carbonyl (C=O) groups excluding carboxylic acids is 1. The largest absolute Gasteiger partial charge is 0.354 e. The van der Waals surface area contributed by atoms with Crippen LogP contribution in [0.3, 0.4) is 0 Å². The van der Waals surface area contributed by atoms with Crippen LogP contribution in [-0.2, 0) is 20.6 Å². The molecule has 0 spiro atoms. The van der Waals surface area contributed by atoms with Gasteiger partial charge >= 0.3 is 0 Å². The van der Waals surface area contributed by atoms with Gasteiger partial charge in [-0.15, -0.1) is 0 Å². The first-order chi connectivity index (χ1) is 13.2. The summed E-state index contributed by atoms with van der Waals surface area (Å²) in [5, 5.41) is 3.30. The number of halogens is 2. The van der Waals surface area contributed by atoms with Crippen LogP contribution in [0.2, 0.25) is 10.0 Å². The first kappa shape index (κ1) is 22.9. The first-order valence-corrected chi connectivity index (χ1v) is 12.3.